The minimum Gasteiger partial charge on any atom is -0.388 e. The zero-order valence-electron chi connectivity index (χ0n) is 11.2. The summed E-state index contributed by atoms with van der Waals surface area (Å²) in [5, 5.41) is 10.3. The maximum absolute atomic E-state index is 12.4. The molecule has 2 heterocycles. The van der Waals surface area contributed by atoms with Gasteiger partial charge in [0.1, 0.15) is 16.3 Å². The minimum atomic E-state index is -3.74. The Morgan fingerprint density at radius 3 is 2.86 bits per heavy atom. The fourth-order valence-electron chi connectivity index (χ4n) is 2.23. The normalized spacial score (nSPS) is 20.0. The van der Waals surface area contributed by atoms with Gasteiger partial charge in [0.05, 0.1) is 17.0 Å². The second-order valence-corrected chi connectivity index (χ2v) is 7.31. The summed E-state index contributed by atoms with van der Waals surface area (Å²) in [5.74, 6) is 0. The first-order valence-corrected chi connectivity index (χ1v) is 8.73. The zero-order chi connectivity index (χ0) is 14.9. The number of sulfonamides is 1. The Bertz CT molecular complexity index is 720. The molecule has 0 aliphatic carbocycles. The monoisotopic (exact) mass is 329 g/mol. The van der Waals surface area contributed by atoms with E-state index in [1.807, 2.05) is 0 Å². The van der Waals surface area contributed by atoms with Crippen molar-refractivity contribution in [3.05, 3.63) is 18.2 Å². The van der Waals surface area contributed by atoms with Crippen molar-refractivity contribution in [3.63, 3.8) is 0 Å². The molecule has 0 amide bonds. The van der Waals surface area contributed by atoms with Gasteiger partial charge in [-0.2, -0.15) is 8.73 Å². The largest absolute Gasteiger partial charge is 0.388 e. The first kappa shape index (κ1) is 14.8. The summed E-state index contributed by atoms with van der Waals surface area (Å²) >= 11 is 0.970. The Balaban J connectivity index is 1.79. The van der Waals surface area contributed by atoms with E-state index in [2.05, 4.69) is 13.4 Å². The van der Waals surface area contributed by atoms with Crippen molar-refractivity contribution in [1.29, 1.82) is 0 Å². The van der Waals surface area contributed by atoms with Gasteiger partial charge >= 0.3 is 0 Å². The highest BCUT2D eigenvalue weighted by molar-refractivity contribution is 7.89. The molecular formula is C12H15N3O4S2. The third-order valence-corrected chi connectivity index (χ3v) is 5.53. The van der Waals surface area contributed by atoms with E-state index in [4.69, 9.17) is 4.74 Å². The Kier molecular flexibility index (Phi) is 3.93. The number of nitrogens with zero attached hydrogens (tertiary/aromatic N) is 2. The molecule has 2 aliphatic rings. The molecule has 0 atom stereocenters. The van der Waals surface area contributed by atoms with Gasteiger partial charge in [-0.1, -0.05) is 6.07 Å². The minimum absolute atomic E-state index is 0.0351. The summed E-state index contributed by atoms with van der Waals surface area (Å²) in [7, 11) is -3.74. The second kappa shape index (κ2) is 5.58. The standard InChI is InChI=1S/C12H15N3O4S2/c16-12(4-6-19-7-5-12)8-13-21(17,18)10-3-1-2-9-11(10)15-20-14-9/h1-3,13,16H,4-8H2. The Hall–Kier alpha value is -1.13. The predicted octanol–water partition coefficient (Wildman–Crippen LogP) is 1.23. The molecule has 2 N–H and O–H groups in total. The highest BCUT2D eigenvalue weighted by atomic mass is 32.2. The molecule has 1 aromatic rings. The van der Waals surface area contributed by atoms with Crippen molar-refractivity contribution in [3.8, 4) is 0 Å². The zero-order valence-corrected chi connectivity index (χ0v) is 12.8. The molecule has 1 aromatic carbocycles. The molecule has 114 valence electrons. The summed E-state index contributed by atoms with van der Waals surface area (Å²) in [6.07, 6.45) is 0.829. The molecule has 1 fully saturated rings. The highest BCUT2D eigenvalue weighted by Crippen LogP contribution is 2.37. The van der Waals surface area contributed by atoms with Crippen LogP contribution in [0, 0.1) is 0 Å². The third-order valence-electron chi connectivity index (χ3n) is 3.55. The highest BCUT2D eigenvalue weighted by Gasteiger charge is 2.32. The van der Waals surface area contributed by atoms with E-state index in [1.54, 1.807) is 12.1 Å². The van der Waals surface area contributed by atoms with Gasteiger partial charge in [-0.15, -0.1) is 0 Å². The Morgan fingerprint density at radius 2 is 2.10 bits per heavy atom. The topological polar surface area (TPSA) is 100 Å². The molecule has 0 saturated carbocycles. The molecule has 21 heavy (non-hydrogen) atoms. The lowest BCUT2D eigenvalue weighted by molar-refractivity contribution is -0.0588. The summed E-state index contributed by atoms with van der Waals surface area (Å²) < 4.78 is 40.5. The number of ether oxygens (including phenoxy) is 1. The van der Waals surface area contributed by atoms with Gasteiger partial charge in [0.25, 0.3) is 0 Å². The summed E-state index contributed by atoms with van der Waals surface area (Å²) in [6.45, 7) is 0.834. The van der Waals surface area contributed by atoms with Gasteiger partial charge in [0, 0.05) is 32.6 Å². The SMILES string of the molecule is O=S(=O)(NCC1(O)CCOCC1)c1cccc2c1N=S=N2. The number of hydrogen-bond acceptors (Lipinski definition) is 6. The van der Waals surface area contributed by atoms with E-state index in [-0.39, 0.29) is 11.4 Å². The van der Waals surface area contributed by atoms with Crippen LogP contribution in [0.3, 0.4) is 0 Å². The van der Waals surface area contributed by atoms with Gasteiger partial charge in [-0.25, -0.2) is 13.1 Å². The van der Waals surface area contributed by atoms with Gasteiger partial charge in [0.2, 0.25) is 10.0 Å². The molecule has 3 rings (SSSR count). The first-order chi connectivity index (χ1) is 10.0. The fraction of sp³-hybridized carbons (Fsp3) is 0.500. The number of benzene rings is 1. The van der Waals surface area contributed by atoms with Crippen LogP contribution < -0.4 is 4.72 Å². The molecule has 9 heteroatoms. The van der Waals surface area contributed by atoms with Crippen LogP contribution in [-0.4, -0.2) is 38.9 Å². The Labute approximate surface area is 126 Å². The molecule has 0 aromatic heterocycles. The fourth-order valence-corrected chi connectivity index (χ4v) is 4.12. The first-order valence-electron chi connectivity index (χ1n) is 6.51. The predicted molar refractivity (Wildman–Crippen MR) is 78.2 cm³/mol. The van der Waals surface area contributed by atoms with E-state index in [1.165, 1.54) is 6.07 Å². The van der Waals surface area contributed by atoms with Crippen molar-refractivity contribution in [1.82, 2.24) is 4.72 Å². The summed E-state index contributed by atoms with van der Waals surface area (Å²) in [5.41, 5.74) is -0.152. The third kappa shape index (κ3) is 3.06. The number of aliphatic hydroxyl groups is 1. The van der Waals surface area contributed by atoms with Crippen molar-refractivity contribution in [2.75, 3.05) is 19.8 Å². The number of rotatable bonds is 4. The van der Waals surface area contributed by atoms with Crippen LogP contribution in [0.5, 0.6) is 0 Å². The van der Waals surface area contributed by atoms with Gasteiger partial charge < -0.3 is 9.84 Å². The van der Waals surface area contributed by atoms with Crippen molar-refractivity contribution >= 4 is 32.8 Å². The van der Waals surface area contributed by atoms with Crippen molar-refractivity contribution < 1.29 is 18.3 Å². The molecule has 1 saturated heterocycles. The summed E-state index contributed by atoms with van der Waals surface area (Å²) in [4.78, 5) is 0.0874. The number of hydrogen-bond donors (Lipinski definition) is 2. The number of fused-ring (bicyclic) bond motifs is 1. The van der Waals surface area contributed by atoms with E-state index < -0.39 is 15.6 Å². The lowest BCUT2D eigenvalue weighted by atomic mass is 9.95. The van der Waals surface area contributed by atoms with Crippen molar-refractivity contribution in [2.45, 2.75) is 23.3 Å². The van der Waals surface area contributed by atoms with Crippen LogP contribution in [0.1, 0.15) is 12.8 Å². The molecule has 0 spiro atoms. The average Bonchev–Trinajstić information content (AvgIpc) is 2.94. The van der Waals surface area contributed by atoms with Gasteiger partial charge in [-0.3, -0.25) is 0 Å². The molecule has 0 unspecified atom stereocenters. The maximum Gasteiger partial charge on any atom is 0.242 e. The second-order valence-electron chi connectivity index (χ2n) is 5.05. The lowest BCUT2D eigenvalue weighted by Crippen LogP contribution is -2.46. The van der Waals surface area contributed by atoms with Crippen LogP contribution in [0.4, 0.5) is 11.4 Å². The average molecular weight is 329 g/mol. The van der Waals surface area contributed by atoms with E-state index >= 15 is 0 Å². The van der Waals surface area contributed by atoms with Crippen molar-refractivity contribution in [2.24, 2.45) is 8.73 Å². The molecule has 0 bridgehead atoms. The number of nitrogens with one attached hydrogen (secondary N) is 1. The van der Waals surface area contributed by atoms with E-state index in [9.17, 15) is 13.5 Å². The molecule has 7 nitrogen and oxygen atoms in total. The quantitative estimate of drug-likeness (QED) is 0.881. The van der Waals surface area contributed by atoms with Crippen LogP contribution in [-0.2, 0) is 26.1 Å². The molecule has 0 radical (unpaired) electrons. The Morgan fingerprint density at radius 1 is 1.33 bits per heavy atom. The summed E-state index contributed by atoms with van der Waals surface area (Å²) in [6, 6.07) is 4.82. The van der Waals surface area contributed by atoms with Crippen LogP contribution >= 0.6 is 0 Å². The van der Waals surface area contributed by atoms with E-state index in [0.717, 1.165) is 11.4 Å². The maximum atomic E-state index is 12.4. The van der Waals surface area contributed by atoms with Crippen LogP contribution in [0.2, 0.25) is 0 Å². The van der Waals surface area contributed by atoms with E-state index in [0.29, 0.717) is 37.4 Å². The molecule has 2 aliphatic heterocycles. The van der Waals surface area contributed by atoms with Gasteiger partial charge in [-0.05, 0) is 12.1 Å². The molecular weight excluding hydrogens is 314 g/mol. The van der Waals surface area contributed by atoms with Crippen LogP contribution in [0.25, 0.3) is 0 Å². The lowest BCUT2D eigenvalue weighted by Gasteiger charge is -2.32. The van der Waals surface area contributed by atoms with Crippen LogP contribution in [0.15, 0.2) is 31.8 Å². The smallest absolute Gasteiger partial charge is 0.242 e. The van der Waals surface area contributed by atoms with Gasteiger partial charge in [0.15, 0.2) is 0 Å².